The lowest BCUT2D eigenvalue weighted by Gasteiger charge is -2.13. The molecule has 0 bridgehead atoms. The molecule has 0 heterocycles. The fourth-order valence-electron chi connectivity index (χ4n) is 1.03. The summed E-state index contributed by atoms with van der Waals surface area (Å²) in [4.78, 5) is 0. The maximum atomic E-state index is 12.4. The van der Waals surface area contributed by atoms with Gasteiger partial charge in [0, 0.05) is 5.69 Å². The first-order valence-corrected chi connectivity index (χ1v) is 3.94. The standard InChI is InChI=1S/C8H7ClF3NO/c1-14-7-5(8(10,11)12)2-4(13)3-6(7)9/h2-3H,13H2,1H3. The summed E-state index contributed by atoms with van der Waals surface area (Å²) in [6, 6.07) is 1.99. The zero-order valence-corrected chi connectivity index (χ0v) is 7.91. The molecule has 0 saturated heterocycles. The van der Waals surface area contributed by atoms with Gasteiger partial charge < -0.3 is 10.5 Å². The van der Waals surface area contributed by atoms with Gasteiger partial charge in [0.25, 0.3) is 0 Å². The van der Waals surface area contributed by atoms with Crippen molar-refractivity contribution in [3.63, 3.8) is 0 Å². The third kappa shape index (κ3) is 2.04. The number of hydrogen-bond acceptors (Lipinski definition) is 2. The molecule has 0 aliphatic carbocycles. The predicted molar refractivity (Wildman–Crippen MR) is 47.4 cm³/mol. The molecular weight excluding hydrogens is 219 g/mol. The molecule has 0 unspecified atom stereocenters. The van der Waals surface area contributed by atoms with Crippen molar-refractivity contribution in [2.24, 2.45) is 0 Å². The first-order valence-electron chi connectivity index (χ1n) is 3.56. The van der Waals surface area contributed by atoms with Crippen molar-refractivity contribution in [2.75, 3.05) is 12.8 Å². The van der Waals surface area contributed by atoms with Crippen LogP contribution in [0, 0.1) is 0 Å². The molecule has 1 rings (SSSR count). The van der Waals surface area contributed by atoms with Crippen LogP contribution in [0.4, 0.5) is 18.9 Å². The number of nitrogen functional groups attached to an aromatic ring is 1. The molecule has 2 nitrogen and oxygen atoms in total. The zero-order chi connectivity index (χ0) is 10.9. The average molecular weight is 226 g/mol. The summed E-state index contributed by atoms with van der Waals surface area (Å²) >= 11 is 5.54. The molecule has 2 N–H and O–H groups in total. The SMILES string of the molecule is COc1c(Cl)cc(N)cc1C(F)(F)F. The number of nitrogens with two attached hydrogens (primary N) is 1. The quantitative estimate of drug-likeness (QED) is 0.746. The number of hydrogen-bond donors (Lipinski definition) is 1. The highest BCUT2D eigenvalue weighted by Crippen LogP contribution is 2.41. The number of alkyl halides is 3. The van der Waals surface area contributed by atoms with Crippen LogP contribution >= 0.6 is 11.6 Å². The van der Waals surface area contributed by atoms with Crippen LogP contribution in [0.15, 0.2) is 12.1 Å². The molecule has 0 saturated carbocycles. The van der Waals surface area contributed by atoms with Gasteiger partial charge in [-0.3, -0.25) is 0 Å². The normalized spacial score (nSPS) is 11.5. The molecule has 0 aliphatic heterocycles. The maximum Gasteiger partial charge on any atom is 0.420 e. The fraction of sp³-hybridized carbons (Fsp3) is 0.250. The van der Waals surface area contributed by atoms with Crippen LogP contribution in [0.3, 0.4) is 0 Å². The lowest BCUT2D eigenvalue weighted by molar-refractivity contribution is -0.138. The number of ether oxygens (including phenoxy) is 1. The largest absolute Gasteiger partial charge is 0.495 e. The molecule has 78 valence electrons. The van der Waals surface area contributed by atoms with Gasteiger partial charge >= 0.3 is 6.18 Å². The van der Waals surface area contributed by atoms with Gasteiger partial charge in [-0.2, -0.15) is 13.2 Å². The van der Waals surface area contributed by atoms with E-state index in [1.807, 2.05) is 0 Å². The van der Waals surface area contributed by atoms with E-state index in [9.17, 15) is 13.2 Å². The Hall–Kier alpha value is -1.10. The molecule has 1 aromatic carbocycles. The topological polar surface area (TPSA) is 35.2 Å². The summed E-state index contributed by atoms with van der Waals surface area (Å²) in [7, 11) is 1.12. The molecule has 0 aromatic heterocycles. The third-order valence-electron chi connectivity index (χ3n) is 1.58. The fourth-order valence-corrected chi connectivity index (χ4v) is 1.34. The van der Waals surface area contributed by atoms with Gasteiger partial charge in [-0.1, -0.05) is 11.6 Å². The molecule has 0 amide bonds. The summed E-state index contributed by atoms with van der Waals surface area (Å²) in [5.74, 6) is -0.409. The second-order valence-electron chi connectivity index (χ2n) is 2.58. The molecule has 0 spiro atoms. The van der Waals surface area contributed by atoms with Crippen molar-refractivity contribution in [3.05, 3.63) is 22.7 Å². The number of anilines is 1. The minimum Gasteiger partial charge on any atom is -0.495 e. The minimum atomic E-state index is -4.52. The van der Waals surface area contributed by atoms with E-state index in [2.05, 4.69) is 4.74 Å². The number of rotatable bonds is 1. The number of methoxy groups -OCH3 is 1. The van der Waals surface area contributed by atoms with E-state index >= 15 is 0 Å². The highest BCUT2D eigenvalue weighted by Gasteiger charge is 2.35. The highest BCUT2D eigenvalue weighted by atomic mass is 35.5. The second kappa shape index (κ2) is 3.57. The van der Waals surface area contributed by atoms with E-state index in [0.29, 0.717) is 0 Å². The van der Waals surface area contributed by atoms with Crippen molar-refractivity contribution < 1.29 is 17.9 Å². The smallest absolute Gasteiger partial charge is 0.420 e. The number of benzene rings is 1. The van der Waals surface area contributed by atoms with Gasteiger partial charge in [-0.25, -0.2) is 0 Å². The van der Waals surface area contributed by atoms with Gasteiger partial charge in [0.2, 0.25) is 0 Å². The first kappa shape index (κ1) is 11.0. The molecule has 0 aliphatic rings. The van der Waals surface area contributed by atoms with Crippen LogP contribution in [-0.4, -0.2) is 7.11 Å². The van der Waals surface area contributed by atoms with Crippen molar-refractivity contribution >= 4 is 17.3 Å². The highest BCUT2D eigenvalue weighted by molar-refractivity contribution is 6.32. The van der Waals surface area contributed by atoms with E-state index in [1.165, 1.54) is 6.07 Å². The Balaban J connectivity index is 3.40. The van der Waals surface area contributed by atoms with E-state index in [-0.39, 0.29) is 10.7 Å². The van der Waals surface area contributed by atoms with Crippen LogP contribution < -0.4 is 10.5 Å². The Labute approximate surface area is 83.4 Å². The van der Waals surface area contributed by atoms with Gasteiger partial charge in [0.1, 0.15) is 11.3 Å². The predicted octanol–water partition coefficient (Wildman–Crippen LogP) is 2.95. The summed E-state index contributed by atoms with van der Waals surface area (Å²) in [6.07, 6.45) is -4.52. The summed E-state index contributed by atoms with van der Waals surface area (Å²) in [6.45, 7) is 0. The van der Waals surface area contributed by atoms with Crippen molar-refractivity contribution in [1.82, 2.24) is 0 Å². The van der Waals surface area contributed by atoms with Crippen molar-refractivity contribution in [2.45, 2.75) is 6.18 Å². The summed E-state index contributed by atoms with van der Waals surface area (Å²) in [5.41, 5.74) is 4.22. The average Bonchev–Trinajstić information content (AvgIpc) is 2.01. The molecule has 0 fully saturated rings. The Bertz CT molecular complexity index is 351. The zero-order valence-electron chi connectivity index (χ0n) is 7.15. The second-order valence-corrected chi connectivity index (χ2v) is 2.99. The first-order chi connectivity index (χ1) is 6.36. The molecule has 14 heavy (non-hydrogen) atoms. The summed E-state index contributed by atoms with van der Waals surface area (Å²) < 4.78 is 41.8. The van der Waals surface area contributed by atoms with E-state index < -0.39 is 17.5 Å². The van der Waals surface area contributed by atoms with E-state index in [0.717, 1.165) is 13.2 Å². The van der Waals surface area contributed by atoms with Gasteiger partial charge in [-0.15, -0.1) is 0 Å². The van der Waals surface area contributed by atoms with E-state index in [4.69, 9.17) is 17.3 Å². The Morgan fingerprint density at radius 1 is 1.36 bits per heavy atom. The molecule has 0 atom stereocenters. The third-order valence-corrected chi connectivity index (χ3v) is 1.86. The molecular formula is C8H7ClF3NO. The van der Waals surface area contributed by atoms with Crippen LogP contribution in [0.25, 0.3) is 0 Å². The van der Waals surface area contributed by atoms with Crippen LogP contribution in [0.5, 0.6) is 5.75 Å². The lowest BCUT2D eigenvalue weighted by Crippen LogP contribution is -2.08. The maximum absolute atomic E-state index is 12.4. The Morgan fingerprint density at radius 2 is 1.93 bits per heavy atom. The monoisotopic (exact) mass is 225 g/mol. The lowest BCUT2D eigenvalue weighted by atomic mass is 10.1. The minimum absolute atomic E-state index is 0.0527. The van der Waals surface area contributed by atoms with Crippen molar-refractivity contribution in [3.8, 4) is 5.75 Å². The van der Waals surface area contributed by atoms with Crippen LogP contribution in [0.1, 0.15) is 5.56 Å². The van der Waals surface area contributed by atoms with Gasteiger partial charge in [0.05, 0.1) is 12.1 Å². The number of halogens is 4. The van der Waals surface area contributed by atoms with E-state index in [1.54, 1.807) is 0 Å². The summed E-state index contributed by atoms with van der Waals surface area (Å²) in [5, 5.41) is -0.153. The van der Waals surface area contributed by atoms with Crippen LogP contribution in [0.2, 0.25) is 5.02 Å². The molecule has 6 heteroatoms. The molecule has 0 radical (unpaired) electrons. The molecule has 1 aromatic rings. The van der Waals surface area contributed by atoms with Gasteiger partial charge in [0.15, 0.2) is 0 Å². The Morgan fingerprint density at radius 3 is 2.36 bits per heavy atom. The van der Waals surface area contributed by atoms with Crippen LogP contribution in [-0.2, 0) is 6.18 Å². The van der Waals surface area contributed by atoms with Gasteiger partial charge in [-0.05, 0) is 12.1 Å². The van der Waals surface area contributed by atoms with Crippen molar-refractivity contribution in [1.29, 1.82) is 0 Å². The Kier molecular flexibility index (Phi) is 2.80.